The van der Waals surface area contributed by atoms with Crippen molar-refractivity contribution in [2.45, 2.75) is 19.8 Å². The van der Waals surface area contributed by atoms with Crippen LogP contribution in [0.4, 0.5) is 14.5 Å². The molecule has 1 aromatic heterocycles. The predicted molar refractivity (Wildman–Crippen MR) is 68.0 cm³/mol. The first-order valence-corrected chi connectivity index (χ1v) is 5.96. The lowest BCUT2D eigenvalue weighted by molar-refractivity contribution is 0.424. The van der Waals surface area contributed by atoms with Crippen molar-refractivity contribution in [1.82, 2.24) is 9.78 Å². The van der Waals surface area contributed by atoms with E-state index in [1.807, 2.05) is 6.92 Å². The summed E-state index contributed by atoms with van der Waals surface area (Å²) in [5.41, 5.74) is 7.03. The van der Waals surface area contributed by atoms with Gasteiger partial charge in [0.15, 0.2) is 0 Å². The minimum Gasteiger partial charge on any atom is -0.437 e. The maximum absolute atomic E-state index is 13.1. The maximum Gasteiger partial charge on any atom is 0.241 e. The molecule has 1 heterocycles. The molecule has 2 rings (SSSR count). The van der Waals surface area contributed by atoms with E-state index in [4.69, 9.17) is 10.5 Å². The standard InChI is InChI=1S/C13H15F2N3O/c1-3-4-11-12(16)13(18(2)17-11)19-10-6-8(14)5-9(15)7-10/h5-7H,3-4,16H2,1-2H3. The van der Waals surface area contributed by atoms with E-state index in [1.54, 1.807) is 7.05 Å². The molecule has 0 aliphatic rings. The summed E-state index contributed by atoms with van der Waals surface area (Å²) in [6, 6.07) is 2.96. The molecule has 0 spiro atoms. The second-order valence-corrected chi connectivity index (χ2v) is 4.25. The van der Waals surface area contributed by atoms with Gasteiger partial charge in [0, 0.05) is 25.2 Å². The Morgan fingerprint density at radius 1 is 1.26 bits per heavy atom. The molecule has 0 saturated heterocycles. The van der Waals surface area contributed by atoms with Gasteiger partial charge in [0.25, 0.3) is 0 Å². The van der Waals surface area contributed by atoms with Crippen LogP contribution in [0, 0.1) is 11.6 Å². The number of nitrogen functional groups attached to an aromatic ring is 1. The van der Waals surface area contributed by atoms with Crippen molar-refractivity contribution in [3.63, 3.8) is 0 Å². The van der Waals surface area contributed by atoms with Crippen LogP contribution in [0.2, 0.25) is 0 Å². The SMILES string of the molecule is CCCc1nn(C)c(Oc2cc(F)cc(F)c2)c1N. The first-order chi connectivity index (χ1) is 9.01. The molecule has 0 aliphatic carbocycles. The van der Waals surface area contributed by atoms with Crippen molar-refractivity contribution in [2.75, 3.05) is 5.73 Å². The Hall–Kier alpha value is -2.11. The van der Waals surface area contributed by atoms with Crippen LogP contribution in [0.3, 0.4) is 0 Å². The fourth-order valence-corrected chi connectivity index (χ4v) is 1.82. The number of halogens is 2. The van der Waals surface area contributed by atoms with E-state index in [-0.39, 0.29) is 11.6 Å². The zero-order valence-electron chi connectivity index (χ0n) is 10.8. The molecular formula is C13H15F2N3O. The molecule has 0 bridgehead atoms. The van der Waals surface area contributed by atoms with Gasteiger partial charge in [-0.15, -0.1) is 0 Å². The number of aryl methyl sites for hydroxylation is 2. The number of hydrogen-bond donors (Lipinski definition) is 1. The molecule has 2 aromatic rings. The van der Waals surface area contributed by atoms with Gasteiger partial charge in [0.2, 0.25) is 5.88 Å². The fraction of sp³-hybridized carbons (Fsp3) is 0.308. The summed E-state index contributed by atoms with van der Waals surface area (Å²) in [4.78, 5) is 0. The number of nitrogens with zero attached hydrogens (tertiary/aromatic N) is 2. The van der Waals surface area contributed by atoms with Gasteiger partial charge in [-0.3, -0.25) is 0 Å². The molecule has 0 unspecified atom stereocenters. The molecule has 6 heteroatoms. The second-order valence-electron chi connectivity index (χ2n) is 4.25. The number of benzene rings is 1. The Morgan fingerprint density at radius 3 is 2.47 bits per heavy atom. The zero-order chi connectivity index (χ0) is 14.0. The first-order valence-electron chi connectivity index (χ1n) is 5.96. The molecule has 0 amide bonds. The van der Waals surface area contributed by atoms with Crippen LogP contribution < -0.4 is 10.5 Å². The molecule has 2 N–H and O–H groups in total. The largest absolute Gasteiger partial charge is 0.437 e. The Kier molecular flexibility index (Phi) is 3.69. The first kappa shape index (κ1) is 13.3. The maximum atomic E-state index is 13.1. The molecule has 102 valence electrons. The van der Waals surface area contributed by atoms with Crippen molar-refractivity contribution in [2.24, 2.45) is 7.05 Å². The lowest BCUT2D eigenvalue weighted by atomic mass is 10.2. The predicted octanol–water partition coefficient (Wildman–Crippen LogP) is 3.03. The highest BCUT2D eigenvalue weighted by Crippen LogP contribution is 2.30. The summed E-state index contributed by atoms with van der Waals surface area (Å²) in [5.74, 6) is -1.07. The highest BCUT2D eigenvalue weighted by molar-refractivity contribution is 5.54. The van der Waals surface area contributed by atoms with Crippen LogP contribution in [-0.2, 0) is 13.5 Å². The van der Waals surface area contributed by atoms with Crippen LogP contribution >= 0.6 is 0 Å². The van der Waals surface area contributed by atoms with Gasteiger partial charge >= 0.3 is 0 Å². The molecule has 1 aromatic carbocycles. The minimum absolute atomic E-state index is 0.0512. The van der Waals surface area contributed by atoms with Gasteiger partial charge in [-0.05, 0) is 6.42 Å². The van der Waals surface area contributed by atoms with E-state index >= 15 is 0 Å². The van der Waals surface area contributed by atoms with E-state index < -0.39 is 11.6 Å². The van der Waals surface area contributed by atoms with Crippen LogP contribution in [0.15, 0.2) is 18.2 Å². The summed E-state index contributed by atoms with van der Waals surface area (Å²) in [6.07, 6.45) is 1.62. The smallest absolute Gasteiger partial charge is 0.241 e. The quantitative estimate of drug-likeness (QED) is 0.926. The van der Waals surface area contributed by atoms with Gasteiger partial charge in [0.1, 0.15) is 23.1 Å². The van der Waals surface area contributed by atoms with Gasteiger partial charge in [-0.1, -0.05) is 13.3 Å². The second kappa shape index (κ2) is 5.26. The van der Waals surface area contributed by atoms with Crippen LogP contribution in [0.5, 0.6) is 11.6 Å². The van der Waals surface area contributed by atoms with Gasteiger partial charge in [-0.2, -0.15) is 5.10 Å². The summed E-state index contributed by atoms with van der Waals surface area (Å²) in [5, 5.41) is 4.22. The van der Waals surface area contributed by atoms with Gasteiger partial charge in [0.05, 0.1) is 5.69 Å². The highest BCUT2D eigenvalue weighted by atomic mass is 19.1. The summed E-state index contributed by atoms with van der Waals surface area (Å²) >= 11 is 0. The van der Waals surface area contributed by atoms with E-state index in [0.29, 0.717) is 5.69 Å². The molecule has 0 fully saturated rings. The molecule has 0 saturated carbocycles. The van der Waals surface area contributed by atoms with Crippen LogP contribution in [0.1, 0.15) is 19.0 Å². The van der Waals surface area contributed by atoms with E-state index in [2.05, 4.69) is 5.10 Å². The molecule has 0 atom stereocenters. The van der Waals surface area contributed by atoms with Crippen molar-refractivity contribution < 1.29 is 13.5 Å². The molecular weight excluding hydrogens is 252 g/mol. The third kappa shape index (κ3) is 2.83. The van der Waals surface area contributed by atoms with Crippen molar-refractivity contribution in [3.05, 3.63) is 35.5 Å². The summed E-state index contributed by atoms with van der Waals surface area (Å²) in [6.45, 7) is 2.01. The molecule has 0 radical (unpaired) electrons. The van der Waals surface area contributed by atoms with Crippen molar-refractivity contribution in [1.29, 1.82) is 0 Å². The molecule has 19 heavy (non-hydrogen) atoms. The minimum atomic E-state index is -0.704. The molecule has 4 nitrogen and oxygen atoms in total. The lowest BCUT2D eigenvalue weighted by Gasteiger charge is -2.07. The number of nitrogens with two attached hydrogens (primary N) is 1. The Balaban J connectivity index is 2.32. The van der Waals surface area contributed by atoms with Gasteiger partial charge in [-0.25, -0.2) is 13.5 Å². The number of anilines is 1. The highest BCUT2D eigenvalue weighted by Gasteiger charge is 2.15. The summed E-state index contributed by atoms with van der Waals surface area (Å²) < 4.78 is 33.1. The van der Waals surface area contributed by atoms with Crippen molar-refractivity contribution >= 4 is 5.69 Å². The Bertz CT molecular complexity index is 576. The van der Waals surface area contributed by atoms with Crippen molar-refractivity contribution in [3.8, 4) is 11.6 Å². The lowest BCUT2D eigenvalue weighted by Crippen LogP contribution is -1.97. The van der Waals surface area contributed by atoms with E-state index in [9.17, 15) is 8.78 Å². The van der Waals surface area contributed by atoms with Gasteiger partial charge < -0.3 is 10.5 Å². The number of ether oxygens (including phenoxy) is 1. The Labute approximate surface area is 109 Å². The third-order valence-electron chi connectivity index (χ3n) is 2.64. The number of rotatable bonds is 4. The normalized spacial score (nSPS) is 10.7. The topological polar surface area (TPSA) is 53.1 Å². The average molecular weight is 267 g/mol. The van der Waals surface area contributed by atoms with E-state index in [0.717, 1.165) is 36.7 Å². The number of aromatic nitrogens is 2. The zero-order valence-corrected chi connectivity index (χ0v) is 10.8. The van der Waals surface area contributed by atoms with Crippen LogP contribution in [-0.4, -0.2) is 9.78 Å². The third-order valence-corrected chi connectivity index (χ3v) is 2.64. The Morgan fingerprint density at radius 2 is 1.89 bits per heavy atom. The molecule has 0 aliphatic heterocycles. The average Bonchev–Trinajstić information content (AvgIpc) is 2.56. The van der Waals surface area contributed by atoms with Crippen LogP contribution in [0.25, 0.3) is 0 Å². The monoisotopic (exact) mass is 267 g/mol. The number of hydrogen-bond acceptors (Lipinski definition) is 3. The van der Waals surface area contributed by atoms with E-state index in [1.165, 1.54) is 4.68 Å². The summed E-state index contributed by atoms with van der Waals surface area (Å²) in [7, 11) is 1.67. The fourth-order valence-electron chi connectivity index (χ4n) is 1.82.